The van der Waals surface area contributed by atoms with E-state index in [4.69, 9.17) is 11.6 Å². The molecule has 1 aliphatic carbocycles. The van der Waals surface area contributed by atoms with E-state index in [-0.39, 0.29) is 22.2 Å². The van der Waals surface area contributed by atoms with Crippen LogP contribution in [0.2, 0.25) is 5.02 Å². The van der Waals surface area contributed by atoms with Crippen molar-refractivity contribution in [1.29, 1.82) is 0 Å². The molecule has 1 aliphatic rings. The first-order valence-corrected chi connectivity index (χ1v) is 11.6. The monoisotopic (exact) mass is 420 g/mol. The SMILES string of the molecule is O=c1c2ccccc2nc(SCCS(=O)(=O)c2ccc(Cl)cc2)n1C1CC1. The van der Waals surface area contributed by atoms with Gasteiger partial charge in [-0.3, -0.25) is 9.36 Å². The molecule has 1 saturated carbocycles. The summed E-state index contributed by atoms with van der Waals surface area (Å²) in [6, 6.07) is 13.6. The molecule has 0 atom stereocenters. The molecule has 4 rings (SSSR count). The van der Waals surface area contributed by atoms with E-state index in [1.807, 2.05) is 18.2 Å². The zero-order valence-electron chi connectivity index (χ0n) is 14.3. The smallest absolute Gasteiger partial charge is 0.262 e. The van der Waals surface area contributed by atoms with Gasteiger partial charge in [0.2, 0.25) is 0 Å². The van der Waals surface area contributed by atoms with Crippen LogP contribution in [0.1, 0.15) is 18.9 Å². The van der Waals surface area contributed by atoms with E-state index in [1.54, 1.807) is 22.8 Å². The molecular weight excluding hydrogens is 404 g/mol. The van der Waals surface area contributed by atoms with Crippen LogP contribution in [0.3, 0.4) is 0 Å². The van der Waals surface area contributed by atoms with E-state index in [2.05, 4.69) is 4.98 Å². The minimum Gasteiger partial charge on any atom is -0.284 e. The molecule has 0 aliphatic heterocycles. The van der Waals surface area contributed by atoms with Crippen molar-refractivity contribution in [2.45, 2.75) is 28.9 Å². The molecule has 5 nitrogen and oxygen atoms in total. The van der Waals surface area contributed by atoms with Crippen LogP contribution in [-0.2, 0) is 9.84 Å². The van der Waals surface area contributed by atoms with E-state index >= 15 is 0 Å². The molecule has 2 aromatic carbocycles. The molecular formula is C19H17ClN2O3S2. The lowest BCUT2D eigenvalue weighted by molar-refractivity contribution is 0.597. The van der Waals surface area contributed by atoms with Gasteiger partial charge < -0.3 is 0 Å². The number of aromatic nitrogens is 2. The Morgan fingerprint density at radius 3 is 2.52 bits per heavy atom. The van der Waals surface area contributed by atoms with Crippen molar-refractivity contribution in [3.05, 3.63) is 63.9 Å². The molecule has 0 bridgehead atoms. The van der Waals surface area contributed by atoms with Gasteiger partial charge in [-0.05, 0) is 49.2 Å². The van der Waals surface area contributed by atoms with Gasteiger partial charge in [0, 0.05) is 16.8 Å². The number of halogens is 1. The van der Waals surface area contributed by atoms with Crippen LogP contribution < -0.4 is 5.56 Å². The van der Waals surface area contributed by atoms with Gasteiger partial charge in [0.25, 0.3) is 5.56 Å². The first kappa shape index (κ1) is 18.5. The maximum Gasteiger partial charge on any atom is 0.262 e. The standard InChI is InChI=1S/C19H17ClN2O3S2/c20-13-5-9-15(10-6-13)27(24,25)12-11-26-19-21-17-4-2-1-3-16(17)18(23)22(19)14-7-8-14/h1-6,9-10,14H,7-8,11-12H2. The number of hydrogen-bond acceptors (Lipinski definition) is 5. The van der Waals surface area contributed by atoms with Gasteiger partial charge >= 0.3 is 0 Å². The molecule has 3 aromatic rings. The van der Waals surface area contributed by atoms with Crippen molar-refractivity contribution >= 4 is 44.1 Å². The lowest BCUT2D eigenvalue weighted by Gasteiger charge is -2.12. The molecule has 1 heterocycles. The van der Waals surface area contributed by atoms with Crippen LogP contribution in [0.15, 0.2) is 63.4 Å². The topological polar surface area (TPSA) is 69.0 Å². The number of fused-ring (bicyclic) bond motifs is 1. The first-order valence-electron chi connectivity index (χ1n) is 8.58. The van der Waals surface area contributed by atoms with Gasteiger partial charge in [-0.25, -0.2) is 13.4 Å². The number of rotatable bonds is 6. The molecule has 140 valence electrons. The number of para-hydroxylation sites is 1. The van der Waals surface area contributed by atoms with Crippen molar-refractivity contribution in [1.82, 2.24) is 9.55 Å². The summed E-state index contributed by atoms with van der Waals surface area (Å²) < 4.78 is 26.7. The fourth-order valence-electron chi connectivity index (χ4n) is 2.88. The normalized spacial score (nSPS) is 14.6. The second-order valence-electron chi connectivity index (χ2n) is 6.44. The zero-order valence-corrected chi connectivity index (χ0v) is 16.7. The van der Waals surface area contributed by atoms with Gasteiger partial charge in [0.15, 0.2) is 15.0 Å². The summed E-state index contributed by atoms with van der Waals surface area (Å²) in [7, 11) is -3.41. The Hall–Kier alpha value is -1.83. The average Bonchev–Trinajstić information content (AvgIpc) is 3.47. The second-order valence-corrected chi connectivity index (χ2v) is 10.0. The van der Waals surface area contributed by atoms with Gasteiger partial charge in [-0.1, -0.05) is 35.5 Å². The van der Waals surface area contributed by atoms with Crippen molar-refractivity contribution in [3.8, 4) is 0 Å². The van der Waals surface area contributed by atoms with Gasteiger partial charge in [0.1, 0.15) is 0 Å². The predicted molar refractivity (Wildman–Crippen MR) is 109 cm³/mol. The Balaban J connectivity index is 1.58. The lowest BCUT2D eigenvalue weighted by Crippen LogP contribution is -2.22. The number of thioether (sulfide) groups is 1. The summed E-state index contributed by atoms with van der Waals surface area (Å²) in [5, 5.41) is 1.69. The molecule has 0 saturated heterocycles. The molecule has 0 radical (unpaired) electrons. The van der Waals surface area contributed by atoms with E-state index in [0.29, 0.717) is 26.8 Å². The maximum absolute atomic E-state index is 12.8. The molecule has 0 unspecified atom stereocenters. The maximum atomic E-state index is 12.8. The molecule has 0 spiro atoms. The van der Waals surface area contributed by atoms with E-state index in [1.165, 1.54) is 23.9 Å². The highest BCUT2D eigenvalue weighted by atomic mass is 35.5. The van der Waals surface area contributed by atoms with Crippen molar-refractivity contribution in [2.75, 3.05) is 11.5 Å². The molecule has 1 aromatic heterocycles. The zero-order chi connectivity index (χ0) is 19.0. The number of benzene rings is 2. The average molecular weight is 421 g/mol. The van der Waals surface area contributed by atoms with Crippen LogP contribution in [0, 0.1) is 0 Å². The quantitative estimate of drug-likeness (QED) is 0.446. The fourth-order valence-corrected chi connectivity index (χ4v) is 5.72. The highest BCUT2D eigenvalue weighted by Crippen LogP contribution is 2.36. The lowest BCUT2D eigenvalue weighted by atomic mass is 10.2. The Labute approximate surface area is 166 Å². The third kappa shape index (κ3) is 3.90. The van der Waals surface area contributed by atoms with Crippen LogP contribution in [0.25, 0.3) is 10.9 Å². The van der Waals surface area contributed by atoms with E-state index in [9.17, 15) is 13.2 Å². The Kier molecular flexibility index (Phi) is 5.01. The number of sulfone groups is 1. The summed E-state index contributed by atoms with van der Waals surface area (Å²) in [6.45, 7) is 0. The summed E-state index contributed by atoms with van der Waals surface area (Å²) in [6.07, 6.45) is 1.91. The molecule has 0 amide bonds. The largest absolute Gasteiger partial charge is 0.284 e. The fraction of sp³-hybridized carbons (Fsp3) is 0.263. The predicted octanol–water partition coefficient (Wildman–Crippen LogP) is 3.95. The van der Waals surface area contributed by atoms with Gasteiger partial charge in [-0.2, -0.15) is 0 Å². The van der Waals surface area contributed by atoms with Crippen molar-refractivity contribution in [3.63, 3.8) is 0 Å². The third-order valence-electron chi connectivity index (χ3n) is 4.44. The minimum absolute atomic E-state index is 0.0351. The highest BCUT2D eigenvalue weighted by Gasteiger charge is 2.28. The summed E-state index contributed by atoms with van der Waals surface area (Å²) in [5.41, 5.74) is 0.591. The Morgan fingerprint density at radius 1 is 1.11 bits per heavy atom. The molecule has 1 fully saturated rings. The summed E-state index contributed by atoms with van der Waals surface area (Å²) >= 11 is 7.14. The van der Waals surface area contributed by atoms with Gasteiger partial charge in [-0.15, -0.1) is 0 Å². The highest BCUT2D eigenvalue weighted by molar-refractivity contribution is 8.00. The van der Waals surface area contributed by atoms with Crippen LogP contribution in [-0.4, -0.2) is 29.5 Å². The Morgan fingerprint density at radius 2 is 1.81 bits per heavy atom. The van der Waals surface area contributed by atoms with Crippen LogP contribution in [0.5, 0.6) is 0 Å². The van der Waals surface area contributed by atoms with Crippen LogP contribution in [0.4, 0.5) is 0 Å². The number of hydrogen-bond donors (Lipinski definition) is 0. The summed E-state index contributed by atoms with van der Waals surface area (Å²) in [5.74, 6) is 0.287. The van der Waals surface area contributed by atoms with Gasteiger partial charge in [0.05, 0.1) is 21.6 Å². The minimum atomic E-state index is -3.41. The van der Waals surface area contributed by atoms with Crippen molar-refractivity contribution < 1.29 is 8.42 Å². The van der Waals surface area contributed by atoms with E-state index < -0.39 is 9.84 Å². The second kappa shape index (κ2) is 7.30. The first-order chi connectivity index (χ1) is 13.0. The Bertz CT molecular complexity index is 1150. The number of nitrogens with zero attached hydrogens (tertiary/aromatic N) is 2. The van der Waals surface area contributed by atoms with Crippen molar-refractivity contribution in [2.24, 2.45) is 0 Å². The molecule has 27 heavy (non-hydrogen) atoms. The molecule has 0 N–H and O–H groups in total. The molecule has 8 heteroatoms. The third-order valence-corrected chi connectivity index (χ3v) is 7.64. The van der Waals surface area contributed by atoms with Crippen LogP contribution >= 0.6 is 23.4 Å². The summed E-state index contributed by atoms with van der Waals surface area (Å²) in [4.78, 5) is 17.7. The van der Waals surface area contributed by atoms with E-state index in [0.717, 1.165) is 12.8 Å².